The first-order valence-electron chi connectivity index (χ1n) is 4.90. The van der Waals surface area contributed by atoms with E-state index in [2.05, 4.69) is 0 Å². The summed E-state index contributed by atoms with van der Waals surface area (Å²) in [7, 11) is 0. The summed E-state index contributed by atoms with van der Waals surface area (Å²) >= 11 is 0. The fourth-order valence-electron chi connectivity index (χ4n) is 1.94. The van der Waals surface area contributed by atoms with Gasteiger partial charge < -0.3 is 0 Å². The zero-order valence-corrected chi connectivity index (χ0v) is 8.47. The Labute approximate surface area is 93.2 Å². The molecule has 0 saturated carbocycles. The minimum Gasteiger partial charge on any atom is -0.294 e. The van der Waals surface area contributed by atoms with Crippen LogP contribution in [0.4, 0.5) is 0 Å². The van der Waals surface area contributed by atoms with Crippen LogP contribution in [0.2, 0.25) is 0 Å². The Morgan fingerprint density at radius 3 is 2.69 bits per heavy atom. The van der Waals surface area contributed by atoms with Gasteiger partial charge in [-0.2, -0.15) is 10.5 Å². The predicted octanol–water partition coefficient (Wildman–Crippen LogP) is 2.33. The Morgan fingerprint density at radius 2 is 2.00 bits per heavy atom. The SMILES string of the molecule is N#CC(C#N)=CC1CC(=O)c2ccccc21. The van der Waals surface area contributed by atoms with Crippen molar-refractivity contribution in [3.8, 4) is 12.1 Å². The summed E-state index contributed by atoms with van der Waals surface area (Å²) in [5, 5.41) is 17.3. The Hall–Kier alpha value is -2.39. The number of nitrogens with zero attached hydrogens (tertiary/aromatic N) is 2. The molecule has 0 aromatic heterocycles. The molecule has 0 bridgehead atoms. The number of Topliss-reactive ketones (excluding diaryl/α,β-unsaturated/α-hetero) is 1. The molecule has 1 aliphatic rings. The molecule has 3 heteroatoms. The number of benzene rings is 1. The van der Waals surface area contributed by atoms with Crippen molar-refractivity contribution in [3.63, 3.8) is 0 Å². The molecule has 0 N–H and O–H groups in total. The smallest absolute Gasteiger partial charge is 0.164 e. The lowest BCUT2D eigenvalue weighted by Crippen LogP contribution is -1.91. The Morgan fingerprint density at radius 1 is 1.31 bits per heavy atom. The first-order valence-corrected chi connectivity index (χ1v) is 4.90. The van der Waals surface area contributed by atoms with Crippen LogP contribution in [-0.4, -0.2) is 5.78 Å². The van der Waals surface area contributed by atoms with Gasteiger partial charge in [-0.05, 0) is 11.6 Å². The third-order valence-corrected chi connectivity index (χ3v) is 2.67. The van der Waals surface area contributed by atoms with E-state index in [1.807, 2.05) is 30.3 Å². The van der Waals surface area contributed by atoms with Gasteiger partial charge in [0.1, 0.15) is 17.7 Å². The van der Waals surface area contributed by atoms with Gasteiger partial charge in [0.25, 0.3) is 0 Å². The lowest BCUT2D eigenvalue weighted by molar-refractivity contribution is 0.0992. The molecule has 0 saturated heterocycles. The zero-order valence-electron chi connectivity index (χ0n) is 8.47. The second-order valence-corrected chi connectivity index (χ2v) is 3.62. The molecule has 0 aliphatic heterocycles. The van der Waals surface area contributed by atoms with Crippen LogP contribution < -0.4 is 0 Å². The molecule has 0 radical (unpaired) electrons. The molecule has 3 nitrogen and oxygen atoms in total. The molecule has 1 aromatic rings. The molecular weight excluding hydrogens is 200 g/mol. The van der Waals surface area contributed by atoms with Gasteiger partial charge in [0, 0.05) is 17.9 Å². The highest BCUT2D eigenvalue weighted by atomic mass is 16.1. The topological polar surface area (TPSA) is 64.7 Å². The molecule has 0 spiro atoms. The molecule has 1 atom stereocenters. The van der Waals surface area contributed by atoms with Crippen LogP contribution in [0.25, 0.3) is 0 Å². The van der Waals surface area contributed by atoms with Crippen LogP contribution in [0, 0.1) is 22.7 Å². The van der Waals surface area contributed by atoms with E-state index in [4.69, 9.17) is 10.5 Å². The van der Waals surface area contributed by atoms with Crippen LogP contribution in [0.15, 0.2) is 35.9 Å². The van der Waals surface area contributed by atoms with Gasteiger partial charge in [0.15, 0.2) is 5.78 Å². The lowest BCUT2D eigenvalue weighted by atomic mass is 9.99. The van der Waals surface area contributed by atoms with Crippen LogP contribution in [0.1, 0.15) is 28.3 Å². The first-order chi connectivity index (χ1) is 7.76. The third-order valence-electron chi connectivity index (χ3n) is 2.67. The quantitative estimate of drug-likeness (QED) is 0.665. The van der Waals surface area contributed by atoms with E-state index in [9.17, 15) is 4.79 Å². The standard InChI is InChI=1S/C13H8N2O/c14-7-9(8-15)5-10-6-13(16)12-4-2-1-3-11(10)12/h1-5,10H,6H2. The average Bonchev–Trinajstić information content (AvgIpc) is 2.64. The molecule has 0 amide bonds. The Kier molecular flexibility index (Phi) is 2.54. The van der Waals surface area contributed by atoms with Crippen LogP contribution in [0.5, 0.6) is 0 Å². The number of carbonyl (C=O) groups is 1. The van der Waals surface area contributed by atoms with E-state index < -0.39 is 0 Å². The maximum Gasteiger partial charge on any atom is 0.164 e. The minimum absolute atomic E-state index is 0.0644. The summed E-state index contributed by atoms with van der Waals surface area (Å²) in [6.45, 7) is 0. The third kappa shape index (κ3) is 1.60. The summed E-state index contributed by atoms with van der Waals surface area (Å²) in [6.07, 6.45) is 1.93. The largest absolute Gasteiger partial charge is 0.294 e. The summed E-state index contributed by atoms with van der Waals surface area (Å²) in [5.41, 5.74) is 1.68. The fourth-order valence-corrected chi connectivity index (χ4v) is 1.94. The highest BCUT2D eigenvalue weighted by Gasteiger charge is 2.27. The highest BCUT2D eigenvalue weighted by Crippen LogP contribution is 2.34. The molecule has 1 aliphatic carbocycles. The second-order valence-electron chi connectivity index (χ2n) is 3.62. The molecular formula is C13H8N2O. The Bertz CT molecular complexity index is 542. The van der Waals surface area contributed by atoms with Gasteiger partial charge >= 0.3 is 0 Å². The number of hydrogen-bond acceptors (Lipinski definition) is 3. The summed E-state index contributed by atoms with van der Waals surface area (Å²) in [6, 6.07) is 11.0. The maximum atomic E-state index is 11.6. The van der Waals surface area contributed by atoms with Gasteiger partial charge in [-0.3, -0.25) is 4.79 Å². The molecule has 1 unspecified atom stereocenters. The zero-order chi connectivity index (χ0) is 11.5. The number of allylic oxidation sites excluding steroid dienone is 2. The number of nitriles is 2. The minimum atomic E-state index is -0.127. The van der Waals surface area contributed by atoms with Gasteiger partial charge in [-0.1, -0.05) is 24.3 Å². The first kappa shape index (κ1) is 10.1. The van der Waals surface area contributed by atoms with Crippen molar-refractivity contribution in [2.45, 2.75) is 12.3 Å². The van der Waals surface area contributed by atoms with Crippen molar-refractivity contribution in [2.24, 2.45) is 0 Å². The summed E-state index contributed by atoms with van der Waals surface area (Å²) in [4.78, 5) is 11.6. The average molecular weight is 208 g/mol. The van der Waals surface area contributed by atoms with Gasteiger partial charge in [0.05, 0.1) is 0 Å². The van der Waals surface area contributed by atoms with Gasteiger partial charge in [0.2, 0.25) is 0 Å². The monoisotopic (exact) mass is 208 g/mol. The summed E-state index contributed by atoms with van der Waals surface area (Å²) in [5.74, 6) is -0.0509. The van der Waals surface area contributed by atoms with Gasteiger partial charge in [-0.25, -0.2) is 0 Å². The number of carbonyl (C=O) groups excluding carboxylic acids is 1. The second kappa shape index (κ2) is 4.00. The normalized spacial score (nSPS) is 17.1. The highest BCUT2D eigenvalue weighted by molar-refractivity contribution is 6.01. The van der Waals surface area contributed by atoms with Crippen molar-refractivity contribution < 1.29 is 4.79 Å². The molecule has 76 valence electrons. The molecule has 0 heterocycles. The molecule has 0 fully saturated rings. The van der Waals surface area contributed by atoms with Gasteiger partial charge in [-0.15, -0.1) is 0 Å². The van der Waals surface area contributed by atoms with E-state index in [0.717, 1.165) is 5.56 Å². The number of fused-ring (bicyclic) bond motifs is 1. The molecule has 1 aromatic carbocycles. The van der Waals surface area contributed by atoms with Crippen molar-refractivity contribution in [1.29, 1.82) is 10.5 Å². The predicted molar refractivity (Wildman–Crippen MR) is 57.4 cm³/mol. The van der Waals surface area contributed by atoms with E-state index in [1.165, 1.54) is 0 Å². The van der Waals surface area contributed by atoms with Crippen LogP contribution >= 0.6 is 0 Å². The fraction of sp³-hybridized carbons (Fsp3) is 0.154. The molecule has 2 rings (SSSR count). The van der Waals surface area contributed by atoms with E-state index in [0.29, 0.717) is 12.0 Å². The Balaban J connectivity index is 2.44. The number of hydrogen-bond donors (Lipinski definition) is 0. The van der Waals surface area contributed by atoms with Crippen molar-refractivity contribution in [3.05, 3.63) is 47.0 Å². The van der Waals surface area contributed by atoms with Crippen molar-refractivity contribution >= 4 is 5.78 Å². The molecule has 16 heavy (non-hydrogen) atoms. The number of rotatable bonds is 1. The summed E-state index contributed by atoms with van der Waals surface area (Å²) < 4.78 is 0. The van der Waals surface area contributed by atoms with Crippen LogP contribution in [-0.2, 0) is 0 Å². The maximum absolute atomic E-state index is 11.6. The van der Waals surface area contributed by atoms with E-state index >= 15 is 0 Å². The lowest BCUT2D eigenvalue weighted by Gasteiger charge is -2.03. The van der Waals surface area contributed by atoms with Crippen molar-refractivity contribution in [1.82, 2.24) is 0 Å². The van der Waals surface area contributed by atoms with Crippen molar-refractivity contribution in [2.75, 3.05) is 0 Å². The van der Waals surface area contributed by atoms with E-state index in [-0.39, 0.29) is 17.3 Å². The van der Waals surface area contributed by atoms with Crippen LogP contribution in [0.3, 0.4) is 0 Å². The van der Waals surface area contributed by atoms with E-state index in [1.54, 1.807) is 12.1 Å². The number of ketones is 1.